The summed E-state index contributed by atoms with van der Waals surface area (Å²) in [6, 6.07) is 12.2. The molecular formula is C15H17N3O3. The van der Waals surface area contributed by atoms with E-state index in [1.165, 1.54) is 6.07 Å². The molecule has 0 heterocycles. The summed E-state index contributed by atoms with van der Waals surface area (Å²) in [6.45, 7) is 2.69. The van der Waals surface area contributed by atoms with Crippen molar-refractivity contribution in [1.29, 1.82) is 0 Å². The average molecular weight is 287 g/mol. The van der Waals surface area contributed by atoms with Crippen molar-refractivity contribution in [2.24, 2.45) is 0 Å². The van der Waals surface area contributed by atoms with Gasteiger partial charge in [-0.15, -0.1) is 0 Å². The van der Waals surface area contributed by atoms with Gasteiger partial charge < -0.3 is 15.8 Å². The highest BCUT2D eigenvalue weighted by atomic mass is 16.6. The van der Waals surface area contributed by atoms with Gasteiger partial charge in [0, 0.05) is 35.6 Å². The maximum absolute atomic E-state index is 10.9. The molecule has 0 aromatic heterocycles. The van der Waals surface area contributed by atoms with Crippen molar-refractivity contribution in [3.63, 3.8) is 0 Å². The van der Waals surface area contributed by atoms with Gasteiger partial charge in [-0.3, -0.25) is 10.1 Å². The fourth-order valence-electron chi connectivity index (χ4n) is 1.88. The van der Waals surface area contributed by atoms with Crippen LogP contribution in [-0.4, -0.2) is 18.1 Å². The van der Waals surface area contributed by atoms with Crippen LogP contribution in [0.5, 0.6) is 5.75 Å². The fourth-order valence-corrected chi connectivity index (χ4v) is 1.88. The molecule has 0 spiro atoms. The summed E-state index contributed by atoms with van der Waals surface area (Å²) in [6.07, 6.45) is 0. The van der Waals surface area contributed by atoms with Crippen molar-refractivity contribution >= 4 is 17.1 Å². The summed E-state index contributed by atoms with van der Waals surface area (Å²) in [5, 5.41) is 14.0. The summed E-state index contributed by atoms with van der Waals surface area (Å²) in [5.74, 6) is 0.701. The minimum absolute atomic E-state index is 0.108. The van der Waals surface area contributed by atoms with Gasteiger partial charge in [-0.05, 0) is 25.1 Å². The van der Waals surface area contributed by atoms with Gasteiger partial charge in [-0.1, -0.05) is 12.1 Å². The Balaban J connectivity index is 1.86. The molecule has 0 fully saturated rings. The van der Waals surface area contributed by atoms with Gasteiger partial charge in [-0.2, -0.15) is 0 Å². The lowest BCUT2D eigenvalue weighted by Gasteiger charge is -2.09. The van der Waals surface area contributed by atoms with Crippen molar-refractivity contribution in [2.45, 2.75) is 6.92 Å². The van der Waals surface area contributed by atoms with E-state index in [2.05, 4.69) is 5.32 Å². The van der Waals surface area contributed by atoms with Crippen LogP contribution in [0.25, 0.3) is 0 Å². The van der Waals surface area contributed by atoms with Gasteiger partial charge in [-0.25, -0.2) is 0 Å². The molecule has 0 bridgehead atoms. The number of nitrogens with zero attached hydrogens (tertiary/aromatic N) is 1. The maximum Gasteiger partial charge on any atom is 0.274 e. The molecule has 2 rings (SSSR count). The van der Waals surface area contributed by atoms with Gasteiger partial charge in [0.2, 0.25) is 0 Å². The van der Waals surface area contributed by atoms with Gasteiger partial charge >= 0.3 is 0 Å². The first-order chi connectivity index (χ1) is 10.1. The second kappa shape index (κ2) is 6.60. The molecule has 0 unspecified atom stereocenters. The first kappa shape index (κ1) is 14.6. The number of nitrogen functional groups attached to an aromatic ring is 1. The third-order valence-electron chi connectivity index (χ3n) is 2.96. The lowest BCUT2D eigenvalue weighted by atomic mass is 10.2. The highest BCUT2D eigenvalue weighted by Crippen LogP contribution is 2.22. The average Bonchev–Trinajstić information content (AvgIpc) is 2.45. The standard InChI is InChI=1S/C15H17N3O3/c1-11-5-6-13(10-15(11)18(19)20)17-7-8-21-14-4-2-3-12(16)9-14/h2-6,9-10,17H,7-8,16H2,1H3. The summed E-state index contributed by atoms with van der Waals surface area (Å²) < 4.78 is 5.53. The molecule has 6 heteroatoms. The van der Waals surface area contributed by atoms with Crippen molar-refractivity contribution in [2.75, 3.05) is 24.2 Å². The monoisotopic (exact) mass is 287 g/mol. The van der Waals surface area contributed by atoms with Crippen LogP contribution in [0.15, 0.2) is 42.5 Å². The summed E-state index contributed by atoms with van der Waals surface area (Å²) in [5.41, 5.74) is 7.75. The molecule has 110 valence electrons. The molecule has 0 radical (unpaired) electrons. The number of nitro benzene ring substituents is 1. The minimum Gasteiger partial charge on any atom is -0.492 e. The second-order valence-corrected chi connectivity index (χ2v) is 4.61. The van der Waals surface area contributed by atoms with Crippen LogP contribution in [-0.2, 0) is 0 Å². The summed E-state index contributed by atoms with van der Waals surface area (Å²) in [7, 11) is 0. The Labute approximate surface area is 122 Å². The SMILES string of the molecule is Cc1ccc(NCCOc2cccc(N)c2)cc1[N+](=O)[O-]. The van der Waals surface area contributed by atoms with E-state index in [4.69, 9.17) is 10.5 Å². The first-order valence-electron chi connectivity index (χ1n) is 6.53. The molecule has 0 aliphatic rings. The van der Waals surface area contributed by atoms with E-state index in [9.17, 15) is 10.1 Å². The van der Waals surface area contributed by atoms with E-state index >= 15 is 0 Å². The minimum atomic E-state index is -0.385. The molecule has 0 aliphatic carbocycles. The zero-order valence-corrected chi connectivity index (χ0v) is 11.7. The molecule has 3 N–H and O–H groups in total. The van der Waals surface area contributed by atoms with Crippen LogP contribution >= 0.6 is 0 Å². The molecule has 0 saturated carbocycles. The first-order valence-corrected chi connectivity index (χ1v) is 6.53. The number of hydrogen-bond donors (Lipinski definition) is 2. The van der Waals surface area contributed by atoms with Crippen molar-refractivity contribution in [1.82, 2.24) is 0 Å². The van der Waals surface area contributed by atoms with Crippen LogP contribution < -0.4 is 15.8 Å². The van der Waals surface area contributed by atoms with Gasteiger partial charge in [0.25, 0.3) is 5.69 Å². The third kappa shape index (κ3) is 4.10. The number of nitrogens with one attached hydrogen (secondary N) is 1. The van der Waals surface area contributed by atoms with E-state index in [0.29, 0.717) is 35.8 Å². The summed E-state index contributed by atoms with van der Waals surface area (Å²) >= 11 is 0. The topological polar surface area (TPSA) is 90.4 Å². The number of hydrogen-bond acceptors (Lipinski definition) is 5. The number of nitrogens with two attached hydrogens (primary N) is 1. The zero-order chi connectivity index (χ0) is 15.2. The smallest absolute Gasteiger partial charge is 0.274 e. The number of ether oxygens (including phenoxy) is 1. The second-order valence-electron chi connectivity index (χ2n) is 4.61. The maximum atomic E-state index is 10.9. The van der Waals surface area contributed by atoms with Crippen molar-refractivity contribution in [3.05, 3.63) is 58.1 Å². The van der Waals surface area contributed by atoms with E-state index in [1.54, 1.807) is 25.1 Å². The van der Waals surface area contributed by atoms with Crippen LogP contribution in [0, 0.1) is 17.0 Å². The molecule has 0 atom stereocenters. The lowest BCUT2D eigenvalue weighted by Crippen LogP contribution is -2.11. The number of anilines is 2. The molecule has 2 aromatic carbocycles. The molecule has 0 saturated heterocycles. The number of nitro groups is 1. The molecule has 21 heavy (non-hydrogen) atoms. The Hall–Kier alpha value is -2.76. The van der Waals surface area contributed by atoms with Crippen molar-refractivity contribution < 1.29 is 9.66 Å². The predicted octanol–water partition coefficient (Wildman–Crippen LogP) is 2.98. The van der Waals surface area contributed by atoms with E-state index in [0.717, 1.165) is 0 Å². The van der Waals surface area contributed by atoms with Crippen LogP contribution in [0.2, 0.25) is 0 Å². The Kier molecular flexibility index (Phi) is 4.61. The molecule has 2 aromatic rings. The summed E-state index contributed by atoms with van der Waals surface area (Å²) in [4.78, 5) is 10.5. The number of benzene rings is 2. The zero-order valence-electron chi connectivity index (χ0n) is 11.7. The van der Waals surface area contributed by atoms with E-state index in [-0.39, 0.29) is 10.6 Å². The Morgan fingerprint density at radius 1 is 1.29 bits per heavy atom. The van der Waals surface area contributed by atoms with Gasteiger partial charge in [0.05, 0.1) is 4.92 Å². The van der Waals surface area contributed by atoms with Crippen LogP contribution in [0.4, 0.5) is 17.1 Å². The fraction of sp³-hybridized carbons (Fsp3) is 0.200. The Bertz CT molecular complexity index is 644. The van der Waals surface area contributed by atoms with Gasteiger partial charge in [0.15, 0.2) is 0 Å². The molecule has 0 aliphatic heterocycles. The van der Waals surface area contributed by atoms with E-state index < -0.39 is 0 Å². The Morgan fingerprint density at radius 2 is 2.10 bits per heavy atom. The van der Waals surface area contributed by atoms with Crippen LogP contribution in [0.3, 0.4) is 0 Å². The lowest BCUT2D eigenvalue weighted by molar-refractivity contribution is -0.385. The number of rotatable bonds is 6. The highest BCUT2D eigenvalue weighted by Gasteiger charge is 2.10. The number of aryl methyl sites for hydroxylation is 1. The van der Waals surface area contributed by atoms with Crippen molar-refractivity contribution in [3.8, 4) is 5.75 Å². The predicted molar refractivity (Wildman–Crippen MR) is 82.7 cm³/mol. The molecule has 6 nitrogen and oxygen atoms in total. The third-order valence-corrected chi connectivity index (χ3v) is 2.96. The Morgan fingerprint density at radius 3 is 2.81 bits per heavy atom. The van der Waals surface area contributed by atoms with Gasteiger partial charge in [0.1, 0.15) is 12.4 Å². The normalized spacial score (nSPS) is 10.1. The van der Waals surface area contributed by atoms with Crippen LogP contribution in [0.1, 0.15) is 5.56 Å². The molecule has 0 amide bonds. The quantitative estimate of drug-likeness (QED) is 0.369. The largest absolute Gasteiger partial charge is 0.492 e. The molecular weight excluding hydrogens is 270 g/mol. The highest BCUT2D eigenvalue weighted by molar-refractivity contribution is 5.54. The van der Waals surface area contributed by atoms with E-state index in [1.807, 2.05) is 18.2 Å².